The maximum absolute atomic E-state index is 13.5. The van der Waals surface area contributed by atoms with Crippen LogP contribution >= 0.6 is 0 Å². The Morgan fingerprint density at radius 3 is 2.29 bits per heavy atom. The molecule has 0 spiro atoms. The summed E-state index contributed by atoms with van der Waals surface area (Å²) in [4.78, 5) is 4.98. The Hall–Kier alpha value is -3.16. The van der Waals surface area contributed by atoms with Gasteiger partial charge in [-0.25, -0.2) is 13.4 Å². The molecule has 4 rings (SSSR count). The monoisotopic (exact) mass is 435 g/mol. The van der Waals surface area contributed by atoms with E-state index < -0.39 is 16.1 Å². The molecule has 6 nitrogen and oxygen atoms in total. The van der Waals surface area contributed by atoms with E-state index in [1.54, 1.807) is 26.2 Å². The SMILES string of the molecule is COc1ccc(S(=O)(=O)NC(c2ccccc2)c2nc3ccccc3n2C)c(C)c1C. The van der Waals surface area contributed by atoms with Crippen molar-refractivity contribution in [1.82, 2.24) is 14.3 Å². The van der Waals surface area contributed by atoms with Crippen LogP contribution in [0.5, 0.6) is 5.75 Å². The normalized spacial score (nSPS) is 12.8. The standard InChI is InChI=1S/C24H25N3O3S/c1-16-17(2)22(15-14-21(16)30-4)31(28,29)26-23(18-10-6-5-7-11-18)24-25-19-12-8-9-13-20(19)27(24)3/h5-15,23,26H,1-4H3. The Bertz CT molecular complexity index is 1350. The fourth-order valence-electron chi connectivity index (χ4n) is 3.84. The minimum absolute atomic E-state index is 0.227. The number of aryl methyl sites for hydroxylation is 1. The molecule has 31 heavy (non-hydrogen) atoms. The van der Waals surface area contributed by atoms with Crippen LogP contribution in [-0.2, 0) is 17.1 Å². The van der Waals surface area contributed by atoms with Crippen LogP contribution in [0.4, 0.5) is 0 Å². The number of hydrogen-bond acceptors (Lipinski definition) is 4. The van der Waals surface area contributed by atoms with Gasteiger partial charge in [-0.3, -0.25) is 0 Å². The van der Waals surface area contributed by atoms with E-state index in [4.69, 9.17) is 9.72 Å². The largest absolute Gasteiger partial charge is 0.496 e. The molecule has 0 bridgehead atoms. The van der Waals surface area contributed by atoms with Gasteiger partial charge in [-0.1, -0.05) is 42.5 Å². The highest BCUT2D eigenvalue weighted by Crippen LogP contribution is 2.30. The first kappa shape index (κ1) is 21.1. The molecule has 0 amide bonds. The molecule has 1 aromatic heterocycles. The molecular weight excluding hydrogens is 410 g/mol. The number of sulfonamides is 1. The molecular formula is C24H25N3O3S. The first-order valence-corrected chi connectivity index (χ1v) is 11.4. The summed E-state index contributed by atoms with van der Waals surface area (Å²) < 4.78 is 37.2. The van der Waals surface area contributed by atoms with Crippen molar-refractivity contribution in [2.24, 2.45) is 7.05 Å². The lowest BCUT2D eigenvalue weighted by Crippen LogP contribution is -2.31. The molecule has 7 heteroatoms. The molecule has 1 N–H and O–H groups in total. The topological polar surface area (TPSA) is 73.2 Å². The molecule has 1 atom stereocenters. The number of ether oxygens (including phenoxy) is 1. The van der Waals surface area contributed by atoms with Crippen LogP contribution in [0.25, 0.3) is 11.0 Å². The lowest BCUT2D eigenvalue weighted by atomic mass is 10.1. The minimum Gasteiger partial charge on any atom is -0.496 e. The number of imidazole rings is 1. The van der Waals surface area contributed by atoms with E-state index in [0.717, 1.165) is 22.2 Å². The number of hydrogen-bond donors (Lipinski definition) is 1. The Morgan fingerprint density at radius 2 is 1.61 bits per heavy atom. The molecule has 0 aliphatic rings. The number of para-hydroxylation sites is 2. The van der Waals surface area contributed by atoms with Gasteiger partial charge in [0.25, 0.3) is 0 Å². The number of aromatic nitrogens is 2. The first-order chi connectivity index (χ1) is 14.8. The summed E-state index contributed by atoms with van der Waals surface area (Å²) in [5, 5.41) is 0. The number of nitrogens with one attached hydrogen (secondary N) is 1. The van der Waals surface area contributed by atoms with Gasteiger partial charge >= 0.3 is 0 Å². The zero-order valence-corrected chi connectivity index (χ0v) is 18.8. The van der Waals surface area contributed by atoms with E-state index in [0.29, 0.717) is 17.1 Å². The van der Waals surface area contributed by atoms with Crippen LogP contribution in [0.15, 0.2) is 71.6 Å². The third-order valence-corrected chi connectivity index (χ3v) is 7.25. The first-order valence-electron chi connectivity index (χ1n) is 9.96. The molecule has 0 radical (unpaired) electrons. The van der Waals surface area contributed by atoms with E-state index in [9.17, 15) is 8.42 Å². The second-order valence-electron chi connectivity index (χ2n) is 7.50. The van der Waals surface area contributed by atoms with Crippen LogP contribution in [0.1, 0.15) is 28.6 Å². The van der Waals surface area contributed by atoms with Crippen LogP contribution < -0.4 is 9.46 Å². The van der Waals surface area contributed by atoms with E-state index in [2.05, 4.69) is 4.72 Å². The maximum Gasteiger partial charge on any atom is 0.241 e. The van der Waals surface area contributed by atoms with Crippen molar-refractivity contribution in [3.05, 3.63) is 89.2 Å². The number of nitrogens with zero attached hydrogens (tertiary/aromatic N) is 2. The van der Waals surface area contributed by atoms with Crippen molar-refractivity contribution < 1.29 is 13.2 Å². The van der Waals surface area contributed by atoms with Crippen molar-refractivity contribution in [1.29, 1.82) is 0 Å². The highest BCUT2D eigenvalue weighted by molar-refractivity contribution is 7.89. The van der Waals surface area contributed by atoms with Gasteiger partial charge in [-0.15, -0.1) is 0 Å². The average molecular weight is 436 g/mol. The molecule has 0 aliphatic carbocycles. The van der Waals surface area contributed by atoms with Crippen molar-refractivity contribution in [2.75, 3.05) is 7.11 Å². The van der Waals surface area contributed by atoms with Gasteiger partial charge in [0.2, 0.25) is 10.0 Å². The summed E-state index contributed by atoms with van der Waals surface area (Å²) in [5.41, 5.74) is 4.02. The third kappa shape index (κ3) is 3.82. The summed E-state index contributed by atoms with van der Waals surface area (Å²) in [5.74, 6) is 1.28. The van der Waals surface area contributed by atoms with E-state index >= 15 is 0 Å². The maximum atomic E-state index is 13.5. The lowest BCUT2D eigenvalue weighted by Gasteiger charge is -2.21. The number of methoxy groups -OCH3 is 1. The summed E-state index contributed by atoms with van der Waals surface area (Å²) in [6.45, 7) is 3.65. The molecule has 4 aromatic rings. The average Bonchev–Trinajstić information content (AvgIpc) is 3.11. The second-order valence-corrected chi connectivity index (χ2v) is 9.18. The minimum atomic E-state index is -3.85. The van der Waals surface area contributed by atoms with Crippen LogP contribution in [0, 0.1) is 13.8 Å². The molecule has 0 fully saturated rings. The molecule has 0 saturated carbocycles. The fourth-order valence-corrected chi connectivity index (χ4v) is 5.32. The molecule has 0 aliphatic heterocycles. The van der Waals surface area contributed by atoms with Crippen molar-refractivity contribution in [3.8, 4) is 5.75 Å². The third-order valence-electron chi connectivity index (χ3n) is 5.68. The Labute approximate surface area is 182 Å². The van der Waals surface area contributed by atoms with Crippen LogP contribution in [0.2, 0.25) is 0 Å². The van der Waals surface area contributed by atoms with Gasteiger partial charge in [0.15, 0.2) is 0 Å². The zero-order valence-electron chi connectivity index (χ0n) is 18.0. The Morgan fingerprint density at radius 1 is 0.935 bits per heavy atom. The molecule has 3 aromatic carbocycles. The van der Waals surface area contributed by atoms with Gasteiger partial charge < -0.3 is 9.30 Å². The highest BCUT2D eigenvalue weighted by atomic mass is 32.2. The van der Waals surface area contributed by atoms with Gasteiger partial charge in [0.1, 0.15) is 17.6 Å². The summed E-state index contributed by atoms with van der Waals surface area (Å²) in [6, 6.07) is 19.9. The Balaban J connectivity index is 1.84. The number of rotatable bonds is 6. The molecule has 1 heterocycles. The predicted octanol–water partition coefficient (Wildman–Crippen LogP) is 4.27. The summed E-state index contributed by atoms with van der Waals surface area (Å²) in [7, 11) is -0.372. The van der Waals surface area contributed by atoms with E-state index in [1.165, 1.54) is 0 Å². The number of benzene rings is 3. The highest BCUT2D eigenvalue weighted by Gasteiger charge is 2.28. The quantitative estimate of drug-likeness (QED) is 0.491. The Kier molecular flexibility index (Phi) is 5.56. The van der Waals surface area contributed by atoms with Gasteiger partial charge in [0.05, 0.1) is 23.0 Å². The van der Waals surface area contributed by atoms with Crippen molar-refractivity contribution in [3.63, 3.8) is 0 Å². The molecule has 160 valence electrons. The predicted molar refractivity (Wildman–Crippen MR) is 122 cm³/mol. The number of fused-ring (bicyclic) bond motifs is 1. The van der Waals surface area contributed by atoms with Crippen LogP contribution in [0.3, 0.4) is 0 Å². The van der Waals surface area contributed by atoms with Crippen molar-refractivity contribution in [2.45, 2.75) is 24.8 Å². The summed E-state index contributed by atoms with van der Waals surface area (Å²) >= 11 is 0. The van der Waals surface area contributed by atoms with Gasteiger partial charge in [-0.2, -0.15) is 4.72 Å². The van der Waals surface area contributed by atoms with Crippen LogP contribution in [-0.4, -0.2) is 25.1 Å². The van der Waals surface area contributed by atoms with E-state index in [-0.39, 0.29) is 4.90 Å². The summed E-state index contributed by atoms with van der Waals surface area (Å²) in [6.07, 6.45) is 0. The van der Waals surface area contributed by atoms with Gasteiger partial charge in [0, 0.05) is 7.05 Å². The fraction of sp³-hybridized carbons (Fsp3) is 0.208. The van der Waals surface area contributed by atoms with Crippen molar-refractivity contribution >= 4 is 21.1 Å². The lowest BCUT2D eigenvalue weighted by molar-refractivity contribution is 0.410. The van der Waals surface area contributed by atoms with E-state index in [1.807, 2.05) is 73.1 Å². The second kappa shape index (κ2) is 8.17. The zero-order chi connectivity index (χ0) is 22.2. The molecule has 1 unspecified atom stereocenters. The molecule has 0 saturated heterocycles. The van der Waals surface area contributed by atoms with Gasteiger partial charge in [-0.05, 0) is 54.8 Å². The smallest absolute Gasteiger partial charge is 0.241 e.